The lowest BCUT2D eigenvalue weighted by molar-refractivity contribution is 1.13. The summed E-state index contributed by atoms with van der Waals surface area (Å²) in [6, 6.07) is 5.69. The molecule has 0 aliphatic carbocycles. The zero-order valence-corrected chi connectivity index (χ0v) is 10.5. The molecule has 17 heavy (non-hydrogen) atoms. The molecule has 0 saturated carbocycles. The third kappa shape index (κ3) is 2.27. The number of nitrogen functional groups attached to an aromatic ring is 1. The van der Waals surface area contributed by atoms with Crippen LogP contribution in [0.1, 0.15) is 5.82 Å². The molecule has 2 aromatic heterocycles. The standard InChI is InChI=1S/C11H10N4S2/c12-7-1-2-8-9(5-7)15-10(14-8)6-17-11-13-3-4-16-11/h1-5H,6,12H2,(H,14,15). The number of aromatic amines is 1. The van der Waals surface area contributed by atoms with Crippen molar-refractivity contribution in [3.63, 3.8) is 0 Å². The smallest absolute Gasteiger partial charge is 0.150 e. The van der Waals surface area contributed by atoms with E-state index < -0.39 is 0 Å². The highest BCUT2D eigenvalue weighted by Gasteiger charge is 2.04. The molecule has 0 bridgehead atoms. The minimum atomic E-state index is 0.750. The Labute approximate surface area is 106 Å². The molecule has 0 aliphatic heterocycles. The largest absolute Gasteiger partial charge is 0.399 e. The highest BCUT2D eigenvalue weighted by molar-refractivity contribution is 8.00. The monoisotopic (exact) mass is 262 g/mol. The average Bonchev–Trinajstić information content (AvgIpc) is 2.94. The second kappa shape index (κ2) is 4.38. The first-order valence-electron chi connectivity index (χ1n) is 5.08. The van der Waals surface area contributed by atoms with Gasteiger partial charge in [0.1, 0.15) is 10.2 Å². The number of nitrogens with one attached hydrogen (secondary N) is 1. The Morgan fingerprint density at radius 1 is 1.41 bits per heavy atom. The number of thioether (sulfide) groups is 1. The van der Waals surface area contributed by atoms with E-state index in [1.165, 1.54) is 0 Å². The van der Waals surface area contributed by atoms with Crippen molar-refractivity contribution >= 4 is 39.8 Å². The van der Waals surface area contributed by atoms with Gasteiger partial charge in [-0.1, -0.05) is 11.8 Å². The summed E-state index contributed by atoms with van der Waals surface area (Å²) in [5.74, 6) is 1.74. The maximum absolute atomic E-state index is 5.72. The Morgan fingerprint density at radius 2 is 2.35 bits per heavy atom. The van der Waals surface area contributed by atoms with Crippen LogP contribution in [-0.4, -0.2) is 15.0 Å². The minimum Gasteiger partial charge on any atom is -0.399 e. The van der Waals surface area contributed by atoms with E-state index in [4.69, 9.17) is 5.73 Å². The zero-order chi connectivity index (χ0) is 11.7. The van der Waals surface area contributed by atoms with Crippen LogP contribution in [0.3, 0.4) is 0 Å². The van der Waals surface area contributed by atoms with Crippen LogP contribution in [-0.2, 0) is 5.75 Å². The Balaban J connectivity index is 1.81. The molecule has 0 saturated heterocycles. The maximum Gasteiger partial charge on any atom is 0.150 e. The molecule has 0 radical (unpaired) electrons. The van der Waals surface area contributed by atoms with Crippen LogP contribution in [0.4, 0.5) is 5.69 Å². The molecule has 0 aliphatic rings. The second-order valence-corrected chi connectivity index (χ2v) is 5.66. The van der Waals surface area contributed by atoms with Gasteiger partial charge in [0.05, 0.1) is 16.8 Å². The number of imidazole rings is 1. The summed E-state index contributed by atoms with van der Waals surface area (Å²) in [6.45, 7) is 0. The molecule has 1 aromatic carbocycles. The van der Waals surface area contributed by atoms with Crippen LogP contribution in [0.5, 0.6) is 0 Å². The van der Waals surface area contributed by atoms with Crippen molar-refractivity contribution < 1.29 is 0 Å². The lowest BCUT2D eigenvalue weighted by Gasteiger charge is -1.92. The minimum absolute atomic E-state index is 0.750. The second-order valence-electron chi connectivity index (χ2n) is 3.55. The summed E-state index contributed by atoms with van der Waals surface area (Å²) in [4.78, 5) is 12.0. The summed E-state index contributed by atoms with van der Waals surface area (Å²) < 4.78 is 1.06. The third-order valence-electron chi connectivity index (χ3n) is 2.30. The van der Waals surface area contributed by atoms with Gasteiger partial charge < -0.3 is 10.7 Å². The molecule has 0 spiro atoms. The first-order chi connectivity index (χ1) is 8.31. The summed E-state index contributed by atoms with van der Waals surface area (Å²) in [5, 5.41) is 1.97. The van der Waals surface area contributed by atoms with Crippen molar-refractivity contribution in [2.45, 2.75) is 10.1 Å². The summed E-state index contributed by atoms with van der Waals surface area (Å²) in [6.07, 6.45) is 1.81. The first-order valence-corrected chi connectivity index (χ1v) is 6.94. The van der Waals surface area contributed by atoms with Crippen molar-refractivity contribution in [3.8, 4) is 0 Å². The number of nitrogens with zero attached hydrogens (tertiary/aromatic N) is 2. The topological polar surface area (TPSA) is 67.6 Å². The van der Waals surface area contributed by atoms with Gasteiger partial charge in [0, 0.05) is 17.3 Å². The third-order valence-corrected chi connectivity index (χ3v) is 4.27. The van der Waals surface area contributed by atoms with Crippen molar-refractivity contribution in [2.24, 2.45) is 0 Å². The number of hydrogen-bond acceptors (Lipinski definition) is 5. The number of anilines is 1. The Hall–Kier alpha value is -1.53. The molecule has 0 atom stereocenters. The zero-order valence-electron chi connectivity index (χ0n) is 8.88. The fourth-order valence-corrected chi connectivity index (χ4v) is 3.07. The maximum atomic E-state index is 5.72. The number of nitrogens with two attached hydrogens (primary N) is 1. The molecule has 2 heterocycles. The first kappa shape index (κ1) is 10.6. The van der Waals surface area contributed by atoms with Gasteiger partial charge >= 0.3 is 0 Å². The molecule has 0 fully saturated rings. The molecular weight excluding hydrogens is 252 g/mol. The SMILES string of the molecule is Nc1ccc2nc(CSc3nccs3)[nH]c2c1. The normalized spacial score (nSPS) is 11.1. The van der Waals surface area contributed by atoms with Crippen LogP contribution >= 0.6 is 23.1 Å². The van der Waals surface area contributed by atoms with Crippen LogP contribution in [0.15, 0.2) is 34.1 Å². The van der Waals surface area contributed by atoms with Crippen LogP contribution in [0.25, 0.3) is 11.0 Å². The highest BCUT2D eigenvalue weighted by atomic mass is 32.2. The highest BCUT2D eigenvalue weighted by Crippen LogP contribution is 2.24. The van der Waals surface area contributed by atoms with Gasteiger partial charge in [-0.3, -0.25) is 0 Å². The number of H-pyrrole nitrogens is 1. The van der Waals surface area contributed by atoms with E-state index in [1.54, 1.807) is 23.1 Å². The number of benzene rings is 1. The predicted molar refractivity (Wildman–Crippen MR) is 72.2 cm³/mol. The van der Waals surface area contributed by atoms with Crippen LogP contribution in [0, 0.1) is 0 Å². The van der Waals surface area contributed by atoms with Crippen molar-refractivity contribution in [1.82, 2.24) is 15.0 Å². The molecular formula is C11H10N4S2. The van der Waals surface area contributed by atoms with Gasteiger partial charge in [0.15, 0.2) is 0 Å². The number of rotatable bonds is 3. The van der Waals surface area contributed by atoms with Crippen molar-refractivity contribution in [2.75, 3.05) is 5.73 Å². The van der Waals surface area contributed by atoms with Gasteiger partial charge in [0.25, 0.3) is 0 Å². The summed E-state index contributed by atoms with van der Waals surface area (Å²) in [7, 11) is 0. The fourth-order valence-electron chi connectivity index (χ4n) is 1.56. The summed E-state index contributed by atoms with van der Waals surface area (Å²) >= 11 is 3.32. The molecule has 0 amide bonds. The van der Waals surface area contributed by atoms with Gasteiger partial charge in [-0.05, 0) is 18.2 Å². The van der Waals surface area contributed by atoms with E-state index in [-0.39, 0.29) is 0 Å². The summed E-state index contributed by atoms with van der Waals surface area (Å²) in [5.41, 5.74) is 8.41. The van der Waals surface area contributed by atoms with E-state index in [2.05, 4.69) is 15.0 Å². The van der Waals surface area contributed by atoms with Crippen molar-refractivity contribution in [1.29, 1.82) is 0 Å². The van der Waals surface area contributed by atoms with E-state index in [0.717, 1.165) is 32.6 Å². The Bertz CT molecular complexity index is 630. The lowest BCUT2D eigenvalue weighted by Crippen LogP contribution is -1.82. The van der Waals surface area contributed by atoms with E-state index in [9.17, 15) is 0 Å². The number of fused-ring (bicyclic) bond motifs is 1. The van der Waals surface area contributed by atoms with Gasteiger partial charge in [0.2, 0.25) is 0 Å². The Kier molecular flexibility index (Phi) is 2.74. The van der Waals surface area contributed by atoms with E-state index in [1.807, 2.05) is 29.8 Å². The molecule has 3 aromatic rings. The van der Waals surface area contributed by atoms with E-state index in [0.29, 0.717) is 0 Å². The van der Waals surface area contributed by atoms with Crippen molar-refractivity contribution in [3.05, 3.63) is 35.6 Å². The molecule has 3 N–H and O–H groups in total. The number of hydrogen-bond donors (Lipinski definition) is 2. The molecule has 0 unspecified atom stereocenters. The lowest BCUT2D eigenvalue weighted by atomic mass is 10.3. The predicted octanol–water partition coefficient (Wildman–Crippen LogP) is 2.89. The van der Waals surface area contributed by atoms with Crippen LogP contribution < -0.4 is 5.73 Å². The number of thiazole rings is 1. The Morgan fingerprint density at radius 3 is 3.18 bits per heavy atom. The molecule has 6 heteroatoms. The van der Waals surface area contributed by atoms with E-state index >= 15 is 0 Å². The molecule has 3 rings (SSSR count). The van der Waals surface area contributed by atoms with Crippen LogP contribution in [0.2, 0.25) is 0 Å². The average molecular weight is 262 g/mol. The quantitative estimate of drug-likeness (QED) is 0.562. The van der Waals surface area contributed by atoms with Gasteiger partial charge in [-0.2, -0.15) is 0 Å². The van der Waals surface area contributed by atoms with Gasteiger partial charge in [-0.15, -0.1) is 11.3 Å². The molecule has 4 nitrogen and oxygen atoms in total. The van der Waals surface area contributed by atoms with Gasteiger partial charge in [-0.25, -0.2) is 9.97 Å². The number of aromatic nitrogens is 3. The molecule has 86 valence electrons. The fraction of sp³-hybridized carbons (Fsp3) is 0.0909.